The number of ketones is 1. The van der Waals surface area contributed by atoms with Crippen molar-refractivity contribution in [3.05, 3.63) is 12.7 Å². The van der Waals surface area contributed by atoms with E-state index in [1.54, 1.807) is 6.08 Å². The smallest absolute Gasteiger partial charge is 0.416 e. The molecule has 0 aromatic heterocycles. The lowest BCUT2D eigenvalue weighted by Crippen LogP contribution is -2.63. The van der Waals surface area contributed by atoms with Gasteiger partial charge in [0.15, 0.2) is 0 Å². The first-order valence-corrected chi connectivity index (χ1v) is 12.7. The van der Waals surface area contributed by atoms with Crippen LogP contribution in [0.5, 0.6) is 0 Å². The number of amides is 2. The van der Waals surface area contributed by atoms with Crippen LogP contribution in [0.25, 0.3) is 0 Å². The van der Waals surface area contributed by atoms with Gasteiger partial charge >= 0.3 is 12.2 Å². The number of hydrogen-bond donors (Lipinski definition) is 3. The van der Waals surface area contributed by atoms with Gasteiger partial charge in [-0.05, 0) is 55.9 Å². The number of aliphatic hydroxyl groups is 1. The van der Waals surface area contributed by atoms with Crippen LogP contribution in [0, 0.1) is 34.0 Å². The van der Waals surface area contributed by atoms with Gasteiger partial charge in [-0.3, -0.25) is 4.79 Å². The van der Waals surface area contributed by atoms with Crippen molar-refractivity contribution in [1.82, 2.24) is 10.6 Å². The molecule has 0 spiro atoms. The third-order valence-electron chi connectivity index (χ3n) is 10.0. The zero-order valence-corrected chi connectivity index (χ0v) is 20.9. The summed E-state index contributed by atoms with van der Waals surface area (Å²) in [5.41, 5.74) is -1.68. The van der Waals surface area contributed by atoms with E-state index in [1.165, 1.54) is 0 Å². The fourth-order valence-electron chi connectivity index (χ4n) is 7.65. The van der Waals surface area contributed by atoms with Gasteiger partial charge in [0.05, 0.1) is 6.10 Å². The van der Waals surface area contributed by atoms with E-state index in [4.69, 9.17) is 9.47 Å². The molecule has 3 N–H and O–H groups in total. The third-order valence-corrected chi connectivity index (χ3v) is 10.0. The molecule has 0 aromatic carbocycles. The molecule has 2 amide bonds. The van der Waals surface area contributed by atoms with Crippen molar-refractivity contribution in [2.45, 2.75) is 84.5 Å². The number of nitrogens with one attached hydrogen (secondary N) is 2. The topological polar surface area (TPSA) is 114 Å². The summed E-state index contributed by atoms with van der Waals surface area (Å²) in [5.74, 6) is -0.0865. The van der Waals surface area contributed by atoms with E-state index < -0.39 is 35.2 Å². The van der Waals surface area contributed by atoms with E-state index in [1.807, 2.05) is 6.92 Å². The molecular weight excluding hydrogens is 436 g/mol. The second-order valence-corrected chi connectivity index (χ2v) is 11.6. The number of rotatable bonds is 3. The quantitative estimate of drug-likeness (QED) is 0.534. The van der Waals surface area contributed by atoms with Crippen LogP contribution in [0.2, 0.25) is 0 Å². The Kier molecular flexibility index (Phi) is 6.62. The molecule has 2 bridgehead atoms. The van der Waals surface area contributed by atoms with Crippen LogP contribution in [0.3, 0.4) is 0 Å². The highest BCUT2D eigenvalue weighted by atomic mass is 16.6. The molecule has 0 radical (unpaired) electrons. The van der Waals surface area contributed by atoms with Crippen molar-refractivity contribution in [3.63, 3.8) is 0 Å². The van der Waals surface area contributed by atoms with Crippen LogP contribution >= 0.6 is 0 Å². The summed E-state index contributed by atoms with van der Waals surface area (Å²) in [4.78, 5) is 38.6. The second-order valence-electron chi connectivity index (χ2n) is 11.6. The molecule has 1 aliphatic heterocycles. The van der Waals surface area contributed by atoms with Gasteiger partial charge < -0.3 is 19.9 Å². The molecule has 1 unspecified atom stereocenters. The number of alkyl carbamates (subject to hydrolysis) is 2. The number of imide groups is 1. The molecule has 3 saturated carbocycles. The van der Waals surface area contributed by atoms with Gasteiger partial charge in [-0.15, -0.1) is 6.58 Å². The molecule has 1 heterocycles. The standard InChI is InChI=1S/C26H40N2O6/c1-6-24(4)13-19(34-23(32)28-22(31)33-17-9-12-27-14-17)25(5)15(2)7-10-26(16(3)21(24)30)11-8-18(29)20(25)26/h6,15-17,19-21,27,30H,1,7-14H2,2-5H3,(H,28,31,32)/t15?,16-,17-,19+,20-,21-,24+,25+,26-/m0/s1. The third kappa shape index (κ3) is 3.87. The van der Waals surface area contributed by atoms with Gasteiger partial charge in [0, 0.05) is 29.7 Å². The first kappa shape index (κ1) is 25.2. The van der Waals surface area contributed by atoms with E-state index in [-0.39, 0.29) is 35.1 Å². The fraction of sp³-hybridized carbons (Fsp3) is 0.808. The van der Waals surface area contributed by atoms with E-state index in [2.05, 4.69) is 38.0 Å². The lowest BCUT2D eigenvalue weighted by atomic mass is 9.44. The summed E-state index contributed by atoms with van der Waals surface area (Å²) in [7, 11) is 0. The van der Waals surface area contributed by atoms with Gasteiger partial charge in [-0.25, -0.2) is 14.9 Å². The van der Waals surface area contributed by atoms with Crippen LogP contribution in [0.1, 0.15) is 66.2 Å². The summed E-state index contributed by atoms with van der Waals surface area (Å²) in [5, 5.41) is 16.8. The predicted octanol–water partition coefficient (Wildman–Crippen LogP) is 3.57. The predicted molar refractivity (Wildman–Crippen MR) is 126 cm³/mol. The lowest BCUT2D eigenvalue weighted by Gasteiger charge is -2.61. The Labute approximate surface area is 202 Å². The summed E-state index contributed by atoms with van der Waals surface area (Å²) in [6.07, 6.45) is 2.34. The minimum absolute atomic E-state index is 0.0939. The van der Waals surface area contributed by atoms with E-state index in [0.717, 1.165) is 25.8 Å². The maximum atomic E-state index is 13.4. The Morgan fingerprint density at radius 3 is 2.53 bits per heavy atom. The monoisotopic (exact) mass is 476 g/mol. The highest BCUT2D eigenvalue weighted by molar-refractivity contribution is 5.88. The maximum absolute atomic E-state index is 13.4. The van der Waals surface area contributed by atoms with Crippen molar-refractivity contribution in [2.75, 3.05) is 13.1 Å². The van der Waals surface area contributed by atoms with Crippen LogP contribution in [-0.2, 0) is 14.3 Å². The number of hydrogen-bond acceptors (Lipinski definition) is 7. The highest BCUT2D eigenvalue weighted by Crippen LogP contribution is 2.67. The molecule has 190 valence electrons. The zero-order valence-electron chi connectivity index (χ0n) is 20.9. The van der Waals surface area contributed by atoms with E-state index in [0.29, 0.717) is 25.8 Å². The normalized spacial score (nSPS) is 46.1. The average Bonchev–Trinajstić information content (AvgIpc) is 3.42. The van der Waals surface area contributed by atoms with Crippen LogP contribution in [0.4, 0.5) is 9.59 Å². The van der Waals surface area contributed by atoms with Crippen LogP contribution in [-0.4, -0.2) is 54.5 Å². The molecule has 0 aromatic rings. The first-order chi connectivity index (χ1) is 16.0. The van der Waals surface area contributed by atoms with Gasteiger partial charge in [-0.1, -0.05) is 33.8 Å². The Morgan fingerprint density at radius 1 is 1.18 bits per heavy atom. The Bertz CT molecular complexity index is 856. The molecular formula is C26H40N2O6. The van der Waals surface area contributed by atoms with Crippen molar-refractivity contribution in [2.24, 2.45) is 34.0 Å². The average molecular weight is 477 g/mol. The van der Waals surface area contributed by atoms with Crippen molar-refractivity contribution in [1.29, 1.82) is 0 Å². The number of ether oxygens (including phenoxy) is 2. The van der Waals surface area contributed by atoms with Crippen LogP contribution < -0.4 is 10.6 Å². The largest absolute Gasteiger partial charge is 0.445 e. The highest BCUT2D eigenvalue weighted by Gasteiger charge is 2.68. The number of carbonyl (C=O) groups excluding carboxylic acids is 3. The summed E-state index contributed by atoms with van der Waals surface area (Å²) >= 11 is 0. The summed E-state index contributed by atoms with van der Waals surface area (Å²) in [6.45, 7) is 13.5. The van der Waals surface area contributed by atoms with E-state index >= 15 is 0 Å². The van der Waals surface area contributed by atoms with Crippen molar-refractivity contribution >= 4 is 18.0 Å². The minimum atomic E-state index is -0.884. The Morgan fingerprint density at radius 2 is 1.88 bits per heavy atom. The van der Waals surface area contributed by atoms with Crippen molar-refractivity contribution < 1.29 is 29.0 Å². The van der Waals surface area contributed by atoms with Crippen molar-refractivity contribution in [3.8, 4) is 0 Å². The zero-order chi connectivity index (χ0) is 24.9. The number of aliphatic hydroxyl groups excluding tert-OH is 1. The molecule has 9 atom stereocenters. The molecule has 8 heteroatoms. The van der Waals surface area contributed by atoms with Gasteiger partial charge in [0.25, 0.3) is 0 Å². The fourth-order valence-corrected chi connectivity index (χ4v) is 7.65. The summed E-state index contributed by atoms with van der Waals surface area (Å²) in [6, 6.07) is 0. The van der Waals surface area contributed by atoms with Gasteiger partial charge in [-0.2, -0.15) is 0 Å². The minimum Gasteiger partial charge on any atom is -0.445 e. The molecule has 4 rings (SSSR count). The second kappa shape index (κ2) is 8.94. The maximum Gasteiger partial charge on any atom is 0.416 e. The molecule has 1 saturated heterocycles. The van der Waals surface area contributed by atoms with Crippen LogP contribution in [0.15, 0.2) is 12.7 Å². The number of Topliss-reactive ketones (excluding diaryl/α,β-unsaturated/α-hetero) is 1. The number of carbonyl (C=O) groups is 3. The SMILES string of the molecule is C=C[C@]1(C)C[C@@H](OC(=O)NC(=O)O[C@H]2CCNC2)[C@@]2(C)C(C)CC[C@]3(CCC(=O)[C@H]32)[C@@H](C)[C@@H]1O. The Hall–Kier alpha value is -1.93. The molecule has 3 aliphatic carbocycles. The molecule has 4 fully saturated rings. The molecule has 34 heavy (non-hydrogen) atoms. The molecule has 4 aliphatic rings. The first-order valence-electron chi connectivity index (χ1n) is 12.7. The lowest BCUT2D eigenvalue weighted by molar-refractivity contribution is -0.191. The van der Waals surface area contributed by atoms with E-state index in [9.17, 15) is 19.5 Å². The Balaban J connectivity index is 1.65. The summed E-state index contributed by atoms with van der Waals surface area (Å²) < 4.78 is 11.3. The van der Waals surface area contributed by atoms with Gasteiger partial charge in [0.1, 0.15) is 18.0 Å². The van der Waals surface area contributed by atoms with Gasteiger partial charge in [0.2, 0.25) is 0 Å². The molecule has 8 nitrogen and oxygen atoms in total.